The van der Waals surface area contributed by atoms with Crippen molar-refractivity contribution in [1.29, 1.82) is 0 Å². The molecule has 1 saturated heterocycles. The lowest BCUT2D eigenvalue weighted by Gasteiger charge is -2.42. The molecule has 120 valence electrons. The molecule has 1 aliphatic heterocycles. The van der Waals surface area contributed by atoms with Crippen LogP contribution in [-0.4, -0.2) is 42.8 Å². The van der Waals surface area contributed by atoms with E-state index in [-0.39, 0.29) is 18.5 Å². The number of carboxylic acids is 1. The lowest BCUT2D eigenvalue weighted by atomic mass is 9.70. The Morgan fingerprint density at radius 1 is 1.29 bits per heavy atom. The maximum absolute atomic E-state index is 12.7. The van der Waals surface area contributed by atoms with Crippen LogP contribution in [0.15, 0.2) is 0 Å². The summed E-state index contributed by atoms with van der Waals surface area (Å²) in [6, 6.07) is -0.317. The molecule has 0 aromatic rings. The van der Waals surface area contributed by atoms with Crippen LogP contribution in [0.4, 0.5) is 0 Å². The van der Waals surface area contributed by atoms with Gasteiger partial charge >= 0.3 is 5.97 Å². The SMILES string of the molecule is CC1(C(=O)O)CCCCC1NC(=O)C1(CN)CCOCC1. The minimum absolute atomic E-state index is 0.104. The Balaban J connectivity index is 2.11. The van der Waals surface area contributed by atoms with Gasteiger partial charge in [-0.1, -0.05) is 12.8 Å². The van der Waals surface area contributed by atoms with Crippen molar-refractivity contribution in [3.05, 3.63) is 0 Å². The Kier molecular flexibility index (Phi) is 4.88. The van der Waals surface area contributed by atoms with Crippen LogP contribution in [0.25, 0.3) is 0 Å². The van der Waals surface area contributed by atoms with Crippen molar-refractivity contribution in [1.82, 2.24) is 5.32 Å². The van der Waals surface area contributed by atoms with Gasteiger partial charge in [-0.2, -0.15) is 0 Å². The number of ether oxygens (including phenoxy) is 1. The monoisotopic (exact) mass is 298 g/mol. The standard InChI is InChI=1S/C15H26N2O4/c1-14(13(19)20)5-3-2-4-11(14)17-12(18)15(10-16)6-8-21-9-7-15/h11H,2-10,16H2,1H3,(H,17,18)(H,19,20). The van der Waals surface area contributed by atoms with Crippen molar-refractivity contribution in [2.75, 3.05) is 19.8 Å². The van der Waals surface area contributed by atoms with Crippen LogP contribution in [0.2, 0.25) is 0 Å². The zero-order valence-electron chi connectivity index (χ0n) is 12.7. The second kappa shape index (κ2) is 6.32. The van der Waals surface area contributed by atoms with E-state index in [9.17, 15) is 14.7 Å². The Bertz CT molecular complexity index is 406. The average Bonchev–Trinajstić information content (AvgIpc) is 2.50. The zero-order chi connectivity index (χ0) is 15.5. The molecule has 2 aliphatic rings. The van der Waals surface area contributed by atoms with Gasteiger partial charge in [0.1, 0.15) is 0 Å². The van der Waals surface area contributed by atoms with Crippen LogP contribution in [0.5, 0.6) is 0 Å². The molecule has 1 aliphatic carbocycles. The van der Waals surface area contributed by atoms with Crippen molar-refractivity contribution in [2.45, 2.75) is 51.5 Å². The number of aliphatic carboxylic acids is 1. The van der Waals surface area contributed by atoms with E-state index in [1.54, 1.807) is 6.92 Å². The number of amides is 1. The van der Waals surface area contributed by atoms with Gasteiger partial charge in [0.05, 0.1) is 10.8 Å². The molecule has 2 fully saturated rings. The largest absolute Gasteiger partial charge is 0.481 e. The van der Waals surface area contributed by atoms with E-state index in [2.05, 4.69) is 5.32 Å². The summed E-state index contributed by atoms with van der Waals surface area (Å²) < 4.78 is 5.32. The van der Waals surface area contributed by atoms with Crippen molar-refractivity contribution in [3.8, 4) is 0 Å². The predicted octanol–water partition coefficient (Wildman–Crippen LogP) is 0.892. The second-order valence-corrected chi connectivity index (χ2v) is 6.59. The van der Waals surface area contributed by atoms with Gasteiger partial charge in [0.15, 0.2) is 0 Å². The van der Waals surface area contributed by atoms with E-state index in [1.165, 1.54) is 0 Å². The molecular formula is C15H26N2O4. The molecule has 0 aromatic heterocycles. The van der Waals surface area contributed by atoms with Gasteiger partial charge in [0, 0.05) is 25.8 Å². The molecule has 6 heteroatoms. The number of nitrogens with one attached hydrogen (secondary N) is 1. The molecule has 1 saturated carbocycles. The molecular weight excluding hydrogens is 272 g/mol. The molecule has 0 aromatic carbocycles. The maximum Gasteiger partial charge on any atom is 0.311 e. The number of carbonyl (C=O) groups is 2. The van der Waals surface area contributed by atoms with Gasteiger partial charge in [-0.25, -0.2) is 0 Å². The normalized spacial score (nSPS) is 32.4. The van der Waals surface area contributed by atoms with E-state index in [4.69, 9.17) is 10.5 Å². The summed E-state index contributed by atoms with van der Waals surface area (Å²) in [4.78, 5) is 24.3. The minimum atomic E-state index is -0.880. The topological polar surface area (TPSA) is 102 Å². The third-order valence-electron chi connectivity index (χ3n) is 5.32. The number of nitrogens with two attached hydrogens (primary N) is 1. The number of carbonyl (C=O) groups excluding carboxylic acids is 1. The Morgan fingerprint density at radius 2 is 1.95 bits per heavy atom. The molecule has 2 rings (SSSR count). The highest BCUT2D eigenvalue weighted by atomic mass is 16.5. The molecule has 4 N–H and O–H groups in total. The maximum atomic E-state index is 12.7. The van der Waals surface area contributed by atoms with Gasteiger partial charge in [-0.3, -0.25) is 9.59 Å². The third kappa shape index (κ3) is 3.06. The van der Waals surface area contributed by atoms with Crippen molar-refractivity contribution >= 4 is 11.9 Å². The summed E-state index contributed by atoms with van der Waals surface area (Å²) in [5.41, 5.74) is 4.36. The Morgan fingerprint density at radius 3 is 2.52 bits per heavy atom. The van der Waals surface area contributed by atoms with Crippen molar-refractivity contribution in [2.24, 2.45) is 16.6 Å². The minimum Gasteiger partial charge on any atom is -0.481 e. The number of carboxylic acid groups (broad SMARTS) is 1. The molecule has 0 radical (unpaired) electrons. The lowest BCUT2D eigenvalue weighted by molar-refractivity contribution is -0.153. The van der Waals surface area contributed by atoms with Gasteiger partial charge in [0.2, 0.25) is 5.91 Å². The summed E-state index contributed by atoms with van der Waals surface area (Å²) in [7, 11) is 0. The van der Waals surface area contributed by atoms with E-state index in [0.717, 1.165) is 12.8 Å². The molecule has 2 unspecified atom stereocenters. The van der Waals surface area contributed by atoms with Gasteiger partial charge in [-0.15, -0.1) is 0 Å². The fourth-order valence-corrected chi connectivity index (χ4v) is 3.42. The zero-order valence-corrected chi connectivity index (χ0v) is 12.7. The average molecular weight is 298 g/mol. The molecule has 1 amide bonds. The summed E-state index contributed by atoms with van der Waals surface area (Å²) in [6.07, 6.45) is 4.37. The van der Waals surface area contributed by atoms with Crippen LogP contribution >= 0.6 is 0 Å². The highest BCUT2D eigenvalue weighted by Gasteiger charge is 2.47. The molecule has 21 heavy (non-hydrogen) atoms. The summed E-state index contributed by atoms with van der Waals surface area (Å²) >= 11 is 0. The first-order chi connectivity index (χ1) is 9.94. The summed E-state index contributed by atoms with van der Waals surface area (Å²) in [6.45, 7) is 3.08. The van der Waals surface area contributed by atoms with Gasteiger partial charge < -0.3 is 20.9 Å². The summed E-state index contributed by atoms with van der Waals surface area (Å²) in [5, 5.41) is 12.5. The van der Waals surface area contributed by atoms with Crippen LogP contribution in [0, 0.1) is 10.8 Å². The van der Waals surface area contributed by atoms with Crippen molar-refractivity contribution < 1.29 is 19.4 Å². The molecule has 0 bridgehead atoms. The first-order valence-corrected chi connectivity index (χ1v) is 7.77. The Labute approximate surface area is 125 Å². The number of hydrogen-bond acceptors (Lipinski definition) is 4. The van der Waals surface area contributed by atoms with Crippen LogP contribution in [0.3, 0.4) is 0 Å². The number of hydrogen-bond donors (Lipinski definition) is 3. The highest BCUT2D eigenvalue weighted by Crippen LogP contribution is 2.38. The predicted molar refractivity (Wildman–Crippen MR) is 77.7 cm³/mol. The van der Waals surface area contributed by atoms with Crippen LogP contribution in [-0.2, 0) is 14.3 Å². The van der Waals surface area contributed by atoms with E-state index < -0.39 is 16.8 Å². The first-order valence-electron chi connectivity index (χ1n) is 7.77. The third-order valence-corrected chi connectivity index (χ3v) is 5.32. The molecule has 0 spiro atoms. The fourth-order valence-electron chi connectivity index (χ4n) is 3.42. The lowest BCUT2D eigenvalue weighted by Crippen LogP contribution is -2.57. The molecule has 1 heterocycles. The quantitative estimate of drug-likeness (QED) is 0.715. The van der Waals surface area contributed by atoms with Crippen LogP contribution < -0.4 is 11.1 Å². The molecule has 6 nitrogen and oxygen atoms in total. The van der Waals surface area contributed by atoms with Gasteiger partial charge in [-0.05, 0) is 32.6 Å². The van der Waals surface area contributed by atoms with Crippen molar-refractivity contribution in [3.63, 3.8) is 0 Å². The smallest absolute Gasteiger partial charge is 0.311 e. The number of rotatable bonds is 4. The van der Waals surface area contributed by atoms with E-state index in [1.807, 2.05) is 0 Å². The molecule has 2 atom stereocenters. The fraction of sp³-hybridized carbons (Fsp3) is 0.867. The van der Waals surface area contributed by atoms with E-state index in [0.29, 0.717) is 38.9 Å². The van der Waals surface area contributed by atoms with Crippen LogP contribution in [0.1, 0.15) is 45.4 Å². The first kappa shape index (κ1) is 16.2. The van der Waals surface area contributed by atoms with E-state index >= 15 is 0 Å². The highest BCUT2D eigenvalue weighted by molar-refractivity contribution is 5.84. The summed E-state index contributed by atoms with van der Waals surface area (Å²) in [5.74, 6) is -0.936. The second-order valence-electron chi connectivity index (χ2n) is 6.59. The Hall–Kier alpha value is -1.14. The van der Waals surface area contributed by atoms with Gasteiger partial charge in [0.25, 0.3) is 0 Å².